The van der Waals surface area contributed by atoms with Crippen LogP contribution in [0.1, 0.15) is 27.9 Å². The van der Waals surface area contributed by atoms with Gasteiger partial charge in [-0.2, -0.15) is 0 Å². The van der Waals surface area contributed by atoms with Gasteiger partial charge in [0.1, 0.15) is 5.69 Å². The number of carbonyl (C=O) groups is 2. The average Bonchev–Trinajstić information content (AvgIpc) is 2.47. The number of esters is 1. The molecule has 1 aromatic rings. The molecule has 1 heterocycles. The van der Waals surface area contributed by atoms with Crippen molar-refractivity contribution in [1.29, 1.82) is 0 Å². The van der Waals surface area contributed by atoms with E-state index in [1.807, 2.05) is 0 Å². The van der Waals surface area contributed by atoms with E-state index in [9.17, 15) is 9.59 Å². The fourth-order valence-electron chi connectivity index (χ4n) is 1.06. The predicted molar refractivity (Wildman–Crippen MR) is 46.8 cm³/mol. The minimum atomic E-state index is -0.405. The van der Waals surface area contributed by atoms with E-state index in [-0.39, 0.29) is 0 Å². The monoisotopic (exact) mass is 181 g/mol. The number of hydrogen-bond donors (Lipinski definition) is 0. The Morgan fingerprint density at radius 1 is 1.62 bits per heavy atom. The Morgan fingerprint density at radius 2 is 2.31 bits per heavy atom. The highest BCUT2D eigenvalue weighted by atomic mass is 16.5. The van der Waals surface area contributed by atoms with Gasteiger partial charge in [-0.3, -0.25) is 4.79 Å². The zero-order valence-electron chi connectivity index (χ0n) is 7.61. The highest BCUT2D eigenvalue weighted by Gasteiger charge is 2.12. The molecule has 0 amide bonds. The van der Waals surface area contributed by atoms with Crippen molar-refractivity contribution in [3.8, 4) is 0 Å². The van der Waals surface area contributed by atoms with Crippen LogP contribution in [0.5, 0.6) is 0 Å². The predicted octanol–water partition coefficient (Wildman–Crippen LogP) is 1.01. The molecule has 0 aliphatic heterocycles. The van der Waals surface area contributed by atoms with Crippen LogP contribution in [0.4, 0.5) is 0 Å². The summed E-state index contributed by atoms with van der Waals surface area (Å²) in [6.07, 6.45) is 0.697. The summed E-state index contributed by atoms with van der Waals surface area (Å²) < 4.78 is 6.30. The molecule has 0 aromatic carbocycles. The molecule has 13 heavy (non-hydrogen) atoms. The number of rotatable bonds is 3. The van der Waals surface area contributed by atoms with Crippen LogP contribution in [-0.2, 0) is 11.8 Å². The smallest absolute Gasteiger partial charge is 0.354 e. The Bertz CT molecular complexity index is 328. The van der Waals surface area contributed by atoms with E-state index in [1.54, 1.807) is 26.1 Å². The zero-order chi connectivity index (χ0) is 9.84. The third-order valence-corrected chi connectivity index (χ3v) is 1.77. The molecule has 1 rings (SSSR count). The summed E-state index contributed by atoms with van der Waals surface area (Å²) in [6.45, 7) is 2.07. The molecule has 0 spiro atoms. The van der Waals surface area contributed by atoms with Crippen LogP contribution in [0, 0.1) is 0 Å². The Kier molecular flexibility index (Phi) is 2.84. The van der Waals surface area contributed by atoms with Gasteiger partial charge < -0.3 is 9.30 Å². The van der Waals surface area contributed by atoms with Crippen LogP contribution < -0.4 is 0 Å². The van der Waals surface area contributed by atoms with Crippen molar-refractivity contribution in [2.45, 2.75) is 6.92 Å². The maximum atomic E-state index is 11.2. The first-order chi connectivity index (χ1) is 6.20. The van der Waals surface area contributed by atoms with E-state index in [2.05, 4.69) is 0 Å². The molecular weight excluding hydrogens is 170 g/mol. The van der Waals surface area contributed by atoms with Crippen LogP contribution in [0.3, 0.4) is 0 Å². The minimum Gasteiger partial charge on any atom is -0.461 e. The van der Waals surface area contributed by atoms with Gasteiger partial charge in [0.25, 0.3) is 0 Å². The molecule has 0 saturated carbocycles. The lowest BCUT2D eigenvalue weighted by molar-refractivity contribution is 0.0515. The molecule has 0 fully saturated rings. The Hall–Kier alpha value is -1.58. The number of aldehydes is 1. The second kappa shape index (κ2) is 3.89. The Balaban J connectivity index is 2.95. The lowest BCUT2D eigenvalue weighted by atomic mass is 10.4. The van der Waals surface area contributed by atoms with Crippen molar-refractivity contribution in [3.63, 3.8) is 0 Å². The summed E-state index contributed by atoms with van der Waals surface area (Å²) in [7, 11) is 1.65. The number of hydrogen-bond acceptors (Lipinski definition) is 3. The highest BCUT2D eigenvalue weighted by Crippen LogP contribution is 2.06. The molecule has 1 aromatic heterocycles. The van der Waals surface area contributed by atoms with Gasteiger partial charge in [0, 0.05) is 7.05 Å². The van der Waals surface area contributed by atoms with Crippen molar-refractivity contribution in [2.24, 2.45) is 7.05 Å². The number of aromatic nitrogens is 1. The first kappa shape index (κ1) is 9.51. The molecule has 0 aliphatic rings. The number of nitrogens with zero attached hydrogens (tertiary/aromatic N) is 1. The summed E-state index contributed by atoms with van der Waals surface area (Å²) in [4.78, 5) is 21.7. The summed E-state index contributed by atoms with van der Waals surface area (Å²) in [5, 5.41) is 0. The molecule has 0 radical (unpaired) electrons. The van der Waals surface area contributed by atoms with Gasteiger partial charge in [0.15, 0.2) is 6.29 Å². The number of carbonyl (C=O) groups excluding carboxylic acids is 2. The largest absolute Gasteiger partial charge is 0.461 e. The zero-order valence-corrected chi connectivity index (χ0v) is 7.61. The fraction of sp³-hybridized carbons (Fsp3) is 0.333. The molecule has 4 heteroatoms. The average molecular weight is 181 g/mol. The SMILES string of the molecule is CCOC(=O)c1ccc(C=O)n1C. The third kappa shape index (κ3) is 1.77. The van der Waals surface area contributed by atoms with Crippen LogP contribution >= 0.6 is 0 Å². The van der Waals surface area contributed by atoms with E-state index in [0.29, 0.717) is 24.3 Å². The van der Waals surface area contributed by atoms with Crippen molar-refractivity contribution in [2.75, 3.05) is 6.61 Å². The van der Waals surface area contributed by atoms with Gasteiger partial charge in [-0.15, -0.1) is 0 Å². The molecule has 0 saturated heterocycles. The summed E-state index contributed by atoms with van der Waals surface area (Å²) in [6, 6.07) is 3.15. The number of ether oxygens (including phenoxy) is 1. The van der Waals surface area contributed by atoms with Gasteiger partial charge in [-0.25, -0.2) is 4.79 Å². The summed E-state index contributed by atoms with van der Waals surface area (Å²) >= 11 is 0. The van der Waals surface area contributed by atoms with Gasteiger partial charge in [0.05, 0.1) is 12.3 Å². The molecule has 0 aliphatic carbocycles. The quantitative estimate of drug-likeness (QED) is 0.516. The molecular formula is C9H11NO3. The molecule has 0 N–H and O–H groups in total. The maximum absolute atomic E-state index is 11.2. The van der Waals surface area contributed by atoms with E-state index >= 15 is 0 Å². The van der Waals surface area contributed by atoms with Gasteiger partial charge >= 0.3 is 5.97 Å². The van der Waals surface area contributed by atoms with Crippen LogP contribution in [0.2, 0.25) is 0 Å². The van der Waals surface area contributed by atoms with Gasteiger partial charge in [-0.05, 0) is 19.1 Å². The third-order valence-electron chi connectivity index (χ3n) is 1.77. The lowest BCUT2D eigenvalue weighted by Crippen LogP contribution is -2.10. The van der Waals surface area contributed by atoms with Crippen molar-refractivity contribution < 1.29 is 14.3 Å². The van der Waals surface area contributed by atoms with Gasteiger partial charge in [-0.1, -0.05) is 0 Å². The van der Waals surface area contributed by atoms with Crippen LogP contribution in [0.15, 0.2) is 12.1 Å². The molecule has 0 unspecified atom stereocenters. The topological polar surface area (TPSA) is 48.3 Å². The van der Waals surface area contributed by atoms with Gasteiger partial charge in [0.2, 0.25) is 0 Å². The van der Waals surface area contributed by atoms with E-state index < -0.39 is 5.97 Å². The van der Waals surface area contributed by atoms with E-state index in [1.165, 1.54) is 4.57 Å². The molecule has 4 nitrogen and oxygen atoms in total. The standard InChI is InChI=1S/C9H11NO3/c1-3-13-9(12)8-5-4-7(6-11)10(8)2/h4-6H,3H2,1-2H3. The lowest BCUT2D eigenvalue weighted by Gasteiger charge is -2.03. The Morgan fingerprint density at radius 3 is 2.77 bits per heavy atom. The summed E-state index contributed by atoms with van der Waals surface area (Å²) in [5.74, 6) is -0.405. The van der Waals surface area contributed by atoms with Crippen LogP contribution in [-0.4, -0.2) is 23.4 Å². The fourth-order valence-corrected chi connectivity index (χ4v) is 1.06. The van der Waals surface area contributed by atoms with Crippen molar-refractivity contribution >= 4 is 12.3 Å². The normalized spacial score (nSPS) is 9.69. The van der Waals surface area contributed by atoms with Crippen molar-refractivity contribution in [1.82, 2.24) is 4.57 Å². The highest BCUT2D eigenvalue weighted by molar-refractivity contribution is 5.89. The van der Waals surface area contributed by atoms with E-state index in [4.69, 9.17) is 4.74 Å². The first-order valence-electron chi connectivity index (χ1n) is 3.98. The summed E-state index contributed by atoms with van der Waals surface area (Å²) in [5.41, 5.74) is 0.854. The molecule has 70 valence electrons. The second-order valence-electron chi connectivity index (χ2n) is 2.54. The second-order valence-corrected chi connectivity index (χ2v) is 2.54. The Labute approximate surface area is 76.1 Å². The molecule has 0 bridgehead atoms. The molecule has 0 atom stereocenters. The van der Waals surface area contributed by atoms with Crippen LogP contribution in [0.25, 0.3) is 0 Å². The van der Waals surface area contributed by atoms with E-state index in [0.717, 1.165) is 0 Å². The minimum absolute atomic E-state index is 0.334. The maximum Gasteiger partial charge on any atom is 0.354 e. The van der Waals surface area contributed by atoms with Crippen molar-refractivity contribution in [3.05, 3.63) is 23.5 Å². The first-order valence-corrected chi connectivity index (χ1v) is 3.98.